The second-order valence-electron chi connectivity index (χ2n) is 6.73. The van der Waals surface area contributed by atoms with E-state index in [4.69, 9.17) is 0 Å². The molecule has 4 unspecified atom stereocenters. The molecule has 2 saturated carbocycles. The van der Waals surface area contributed by atoms with Crippen LogP contribution in [0.4, 0.5) is 0 Å². The van der Waals surface area contributed by atoms with Crippen LogP contribution in [0.2, 0.25) is 0 Å². The number of hydrogen-bond donors (Lipinski definition) is 0. The van der Waals surface area contributed by atoms with E-state index in [0.717, 1.165) is 37.3 Å². The van der Waals surface area contributed by atoms with E-state index in [1.165, 1.54) is 45.2 Å². The van der Waals surface area contributed by atoms with Crippen molar-refractivity contribution in [3.8, 4) is 0 Å². The summed E-state index contributed by atoms with van der Waals surface area (Å²) in [5, 5.41) is 0. The largest absolute Gasteiger partial charge is 0.345 e. The van der Waals surface area contributed by atoms with E-state index in [2.05, 4.69) is 4.90 Å². The zero-order valence-corrected chi connectivity index (χ0v) is 10.5. The highest BCUT2D eigenvalue weighted by atomic mass is 16.1. The molecular weight excluding hydrogens is 212 g/mol. The van der Waals surface area contributed by atoms with Crippen LogP contribution in [-0.2, 0) is 4.79 Å². The van der Waals surface area contributed by atoms with Crippen LogP contribution in [0.5, 0.6) is 0 Å². The SMILES string of the molecule is O=CN1CC2CN(C34CCCCC3C4)CC2C1. The van der Waals surface area contributed by atoms with Crippen LogP contribution < -0.4 is 0 Å². The summed E-state index contributed by atoms with van der Waals surface area (Å²) in [5.41, 5.74) is 0.634. The van der Waals surface area contributed by atoms with E-state index in [-0.39, 0.29) is 0 Å². The molecule has 0 spiro atoms. The van der Waals surface area contributed by atoms with Crippen LogP contribution in [0.25, 0.3) is 0 Å². The molecule has 0 aromatic rings. The third-order valence-corrected chi connectivity index (χ3v) is 5.91. The van der Waals surface area contributed by atoms with Crippen molar-refractivity contribution in [1.29, 1.82) is 0 Å². The maximum Gasteiger partial charge on any atom is 0.209 e. The van der Waals surface area contributed by atoms with Crippen LogP contribution in [0.1, 0.15) is 32.1 Å². The second-order valence-corrected chi connectivity index (χ2v) is 6.73. The number of fused-ring (bicyclic) bond motifs is 2. The molecule has 4 rings (SSSR count). The Kier molecular flexibility index (Phi) is 2.11. The summed E-state index contributed by atoms with van der Waals surface area (Å²) < 4.78 is 0. The third kappa shape index (κ3) is 1.41. The van der Waals surface area contributed by atoms with Gasteiger partial charge < -0.3 is 4.90 Å². The maximum absolute atomic E-state index is 10.8. The normalized spacial score (nSPS) is 48.9. The third-order valence-electron chi connectivity index (χ3n) is 5.91. The predicted octanol–water partition coefficient (Wildman–Crippen LogP) is 1.34. The van der Waals surface area contributed by atoms with Crippen LogP contribution in [-0.4, -0.2) is 47.9 Å². The molecule has 4 fully saturated rings. The molecule has 3 heteroatoms. The molecule has 17 heavy (non-hydrogen) atoms. The zero-order chi connectivity index (χ0) is 11.5. The maximum atomic E-state index is 10.8. The lowest BCUT2D eigenvalue weighted by molar-refractivity contribution is -0.117. The van der Waals surface area contributed by atoms with Gasteiger partial charge in [0.15, 0.2) is 0 Å². The van der Waals surface area contributed by atoms with Crippen molar-refractivity contribution in [2.75, 3.05) is 26.2 Å². The number of carbonyl (C=O) groups excluding carboxylic acids is 1. The molecule has 0 aromatic carbocycles. The predicted molar refractivity (Wildman–Crippen MR) is 65.5 cm³/mol. The first-order chi connectivity index (χ1) is 8.32. The lowest BCUT2D eigenvalue weighted by atomic mass is 9.94. The van der Waals surface area contributed by atoms with Crippen molar-refractivity contribution in [1.82, 2.24) is 9.80 Å². The molecule has 1 amide bonds. The minimum absolute atomic E-state index is 0.634. The van der Waals surface area contributed by atoms with E-state index in [1.54, 1.807) is 0 Å². The first-order valence-electron chi connectivity index (χ1n) is 7.26. The van der Waals surface area contributed by atoms with E-state index in [0.29, 0.717) is 5.54 Å². The molecule has 0 bridgehead atoms. The molecule has 0 radical (unpaired) electrons. The fourth-order valence-electron chi connectivity index (χ4n) is 4.89. The molecule has 2 aliphatic carbocycles. The van der Waals surface area contributed by atoms with Crippen molar-refractivity contribution in [3.05, 3.63) is 0 Å². The van der Waals surface area contributed by atoms with Gasteiger partial charge in [0, 0.05) is 31.7 Å². The van der Waals surface area contributed by atoms with E-state index < -0.39 is 0 Å². The van der Waals surface area contributed by atoms with Gasteiger partial charge in [-0.05, 0) is 37.0 Å². The fourth-order valence-corrected chi connectivity index (χ4v) is 4.89. The van der Waals surface area contributed by atoms with Crippen molar-refractivity contribution < 1.29 is 4.79 Å². The standard InChI is InChI=1S/C14H22N2O/c17-10-15-6-11-8-16(9-12(11)7-15)14-4-2-1-3-13(14)5-14/h10-13H,1-9H2. The highest BCUT2D eigenvalue weighted by molar-refractivity contribution is 5.48. The van der Waals surface area contributed by atoms with Gasteiger partial charge in [0.2, 0.25) is 6.41 Å². The van der Waals surface area contributed by atoms with E-state index >= 15 is 0 Å². The van der Waals surface area contributed by atoms with Gasteiger partial charge in [-0.15, -0.1) is 0 Å². The van der Waals surface area contributed by atoms with Crippen molar-refractivity contribution in [2.45, 2.75) is 37.6 Å². The molecule has 3 nitrogen and oxygen atoms in total. The highest BCUT2D eigenvalue weighted by Gasteiger charge is 2.60. The van der Waals surface area contributed by atoms with Crippen LogP contribution in [0.3, 0.4) is 0 Å². The first kappa shape index (κ1) is 10.4. The summed E-state index contributed by atoms with van der Waals surface area (Å²) in [6.45, 7) is 4.58. The number of carbonyl (C=O) groups is 1. The number of likely N-dealkylation sites (tertiary alicyclic amines) is 2. The molecule has 94 valence electrons. The summed E-state index contributed by atoms with van der Waals surface area (Å²) in [6, 6.07) is 0. The molecule has 0 aromatic heterocycles. The van der Waals surface area contributed by atoms with Gasteiger partial charge in [0.25, 0.3) is 0 Å². The number of hydrogen-bond acceptors (Lipinski definition) is 2. The van der Waals surface area contributed by atoms with Crippen LogP contribution in [0, 0.1) is 17.8 Å². The van der Waals surface area contributed by atoms with Gasteiger partial charge in [-0.2, -0.15) is 0 Å². The summed E-state index contributed by atoms with van der Waals surface area (Å²) in [5.74, 6) is 2.58. The zero-order valence-electron chi connectivity index (χ0n) is 10.5. The van der Waals surface area contributed by atoms with Gasteiger partial charge in [0.1, 0.15) is 0 Å². The Morgan fingerprint density at radius 2 is 1.82 bits per heavy atom. The summed E-state index contributed by atoms with van der Waals surface area (Å²) in [7, 11) is 0. The quantitative estimate of drug-likeness (QED) is 0.673. The molecule has 4 atom stereocenters. The van der Waals surface area contributed by atoms with E-state index in [9.17, 15) is 4.79 Å². The van der Waals surface area contributed by atoms with Crippen molar-refractivity contribution in [2.24, 2.45) is 17.8 Å². The van der Waals surface area contributed by atoms with Gasteiger partial charge in [-0.1, -0.05) is 12.8 Å². The van der Waals surface area contributed by atoms with Gasteiger partial charge in [0.05, 0.1) is 0 Å². The van der Waals surface area contributed by atoms with Crippen molar-refractivity contribution in [3.63, 3.8) is 0 Å². The second kappa shape index (κ2) is 3.47. The smallest absolute Gasteiger partial charge is 0.209 e. The Bertz CT molecular complexity index is 331. The average molecular weight is 234 g/mol. The Labute approximate surface area is 103 Å². The average Bonchev–Trinajstić information content (AvgIpc) is 2.77. The van der Waals surface area contributed by atoms with Gasteiger partial charge >= 0.3 is 0 Å². The minimum Gasteiger partial charge on any atom is -0.345 e. The van der Waals surface area contributed by atoms with Crippen LogP contribution in [0.15, 0.2) is 0 Å². The number of nitrogens with zero attached hydrogens (tertiary/aromatic N) is 2. The molecular formula is C14H22N2O. The number of rotatable bonds is 2. The van der Waals surface area contributed by atoms with E-state index in [1.807, 2.05) is 4.90 Å². The topological polar surface area (TPSA) is 23.6 Å². The Morgan fingerprint density at radius 1 is 1.06 bits per heavy atom. The summed E-state index contributed by atoms with van der Waals surface area (Å²) in [4.78, 5) is 15.6. The van der Waals surface area contributed by atoms with Crippen LogP contribution >= 0.6 is 0 Å². The lowest BCUT2D eigenvalue weighted by Gasteiger charge is -2.33. The number of amides is 1. The Hall–Kier alpha value is -0.570. The summed E-state index contributed by atoms with van der Waals surface area (Å²) >= 11 is 0. The van der Waals surface area contributed by atoms with Crippen molar-refractivity contribution >= 4 is 6.41 Å². The molecule has 0 N–H and O–H groups in total. The molecule has 2 aliphatic heterocycles. The lowest BCUT2D eigenvalue weighted by Crippen LogP contribution is -2.40. The highest BCUT2D eigenvalue weighted by Crippen LogP contribution is 2.59. The molecule has 2 saturated heterocycles. The fraction of sp³-hybridized carbons (Fsp3) is 0.929. The van der Waals surface area contributed by atoms with Gasteiger partial charge in [-0.25, -0.2) is 0 Å². The van der Waals surface area contributed by atoms with Gasteiger partial charge in [-0.3, -0.25) is 9.69 Å². The first-order valence-corrected chi connectivity index (χ1v) is 7.26. The Morgan fingerprint density at radius 3 is 2.47 bits per heavy atom. The minimum atomic E-state index is 0.634. The monoisotopic (exact) mass is 234 g/mol. The molecule has 2 heterocycles. The Balaban J connectivity index is 1.45. The summed E-state index contributed by atoms with van der Waals surface area (Å²) in [6.07, 6.45) is 8.36. The molecule has 4 aliphatic rings.